The van der Waals surface area contributed by atoms with Crippen LogP contribution in [0, 0.1) is 0 Å². The first-order valence-corrected chi connectivity index (χ1v) is 10.6. The molecule has 0 aliphatic heterocycles. The van der Waals surface area contributed by atoms with Gasteiger partial charge >= 0.3 is 0 Å². The lowest BCUT2D eigenvalue weighted by Crippen LogP contribution is -2.33. The van der Waals surface area contributed by atoms with Gasteiger partial charge in [0.2, 0.25) is 0 Å². The Bertz CT molecular complexity index is 991. The molecule has 0 saturated carbocycles. The zero-order valence-corrected chi connectivity index (χ0v) is 19.1. The third kappa shape index (κ3) is 5.42. The summed E-state index contributed by atoms with van der Waals surface area (Å²) in [5.74, 6) is 1.51. The largest absolute Gasteiger partial charge is 0.493 e. The third-order valence-electron chi connectivity index (χ3n) is 5.04. The predicted molar refractivity (Wildman–Crippen MR) is 123 cm³/mol. The number of carbonyl (C=O) groups is 1. The standard InChI is InChI=1S/C25H26BrNO3/c1-18(20-8-5-4-6-9-20)16-27(25(28)21-10-7-11-22(26)15-21)17-19-12-13-23(29-2)24(14-19)30-3/h4-15,18H,16-17H2,1-3H3. The van der Waals surface area contributed by atoms with Gasteiger partial charge in [-0.1, -0.05) is 65.3 Å². The summed E-state index contributed by atoms with van der Waals surface area (Å²) in [6.07, 6.45) is 0. The smallest absolute Gasteiger partial charge is 0.254 e. The Kier molecular flexibility index (Phi) is 7.52. The summed E-state index contributed by atoms with van der Waals surface area (Å²) in [6, 6.07) is 23.5. The van der Waals surface area contributed by atoms with Gasteiger partial charge in [0.15, 0.2) is 11.5 Å². The molecule has 1 amide bonds. The van der Waals surface area contributed by atoms with E-state index in [-0.39, 0.29) is 11.8 Å². The van der Waals surface area contributed by atoms with E-state index in [1.165, 1.54) is 5.56 Å². The second-order valence-corrected chi connectivity index (χ2v) is 8.11. The summed E-state index contributed by atoms with van der Waals surface area (Å²) < 4.78 is 11.7. The Labute approximate surface area is 186 Å². The van der Waals surface area contributed by atoms with Gasteiger partial charge in [-0.3, -0.25) is 4.79 Å². The van der Waals surface area contributed by atoms with Crippen LogP contribution in [0.15, 0.2) is 77.3 Å². The molecule has 0 N–H and O–H groups in total. The molecule has 3 aromatic rings. The van der Waals surface area contributed by atoms with Crippen LogP contribution in [0.2, 0.25) is 0 Å². The number of hydrogen-bond acceptors (Lipinski definition) is 3. The highest BCUT2D eigenvalue weighted by Gasteiger charge is 2.20. The summed E-state index contributed by atoms with van der Waals surface area (Å²) in [5, 5.41) is 0. The van der Waals surface area contributed by atoms with Crippen LogP contribution in [0.3, 0.4) is 0 Å². The lowest BCUT2D eigenvalue weighted by Gasteiger charge is -2.27. The van der Waals surface area contributed by atoms with E-state index in [0.717, 1.165) is 10.0 Å². The Morgan fingerprint density at radius 1 is 0.933 bits per heavy atom. The maximum Gasteiger partial charge on any atom is 0.254 e. The molecule has 0 aliphatic carbocycles. The van der Waals surface area contributed by atoms with Gasteiger partial charge < -0.3 is 14.4 Å². The molecule has 5 heteroatoms. The zero-order valence-electron chi connectivity index (χ0n) is 17.5. The van der Waals surface area contributed by atoms with Crippen molar-refractivity contribution in [3.63, 3.8) is 0 Å². The van der Waals surface area contributed by atoms with Gasteiger partial charge in [-0.2, -0.15) is 0 Å². The number of amides is 1. The van der Waals surface area contributed by atoms with Crippen LogP contribution in [0.5, 0.6) is 11.5 Å². The van der Waals surface area contributed by atoms with E-state index >= 15 is 0 Å². The Hall–Kier alpha value is -2.79. The summed E-state index contributed by atoms with van der Waals surface area (Å²) >= 11 is 3.47. The Morgan fingerprint density at radius 3 is 2.33 bits per heavy atom. The normalized spacial score (nSPS) is 11.6. The van der Waals surface area contributed by atoms with E-state index in [2.05, 4.69) is 35.0 Å². The lowest BCUT2D eigenvalue weighted by atomic mass is 10.00. The molecule has 0 heterocycles. The van der Waals surface area contributed by atoms with Crippen LogP contribution in [0.1, 0.15) is 34.3 Å². The monoisotopic (exact) mass is 467 g/mol. The average Bonchev–Trinajstić information content (AvgIpc) is 2.78. The summed E-state index contributed by atoms with van der Waals surface area (Å²) in [7, 11) is 3.23. The van der Waals surface area contributed by atoms with Crippen molar-refractivity contribution in [2.45, 2.75) is 19.4 Å². The minimum absolute atomic E-state index is 0.00568. The topological polar surface area (TPSA) is 38.8 Å². The molecule has 4 nitrogen and oxygen atoms in total. The molecule has 0 radical (unpaired) electrons. The van der Waals surface area contributed by atoms with Gasteiger partial charge in [0, 0.05) is 23.1 Å². The number of ether oxygens (including phenoxy) is 2. The van der Waals surface area contributed by atoms with Crippen LogP contribution < -0.4 is 9.47 Å². The van der Waals surface area contributed by atoms with E-state index in [9.17, 15) is 4.79 Å². The van der Waals surface area contributed by atoms with Crippen molar-refractivity contribution in [2.75, 3.05) is 20.8 Å². The Morgan fingerprint density at radius 2 is 1.67 bits per heavy atom. The van der Waals surface area contributed by atoms with Crippen molar-refractivity contribution in [3.8, 4) is 11.5 Å². The minimum Gasteiger partial charge on any atom is -0.493 e. The fraction of sp³-hybridized carbons (Fsp3) is 0.240. The number of halogens is 1. The number of benzene rings is 3. The van der Waals surface area contributed by atoms with E-state index in [0.29, 0.717) is 30.2 Å². The maximum atomic E-state index is 13.4. The molecule has 0 spiro atoms. The van der Waals surface area contributed by atoms with E-state index in [1.54, 1.807) is 14.2 Å². The second-order valence-electron chi connectivity index (χ2n) is 7.20. The molecule has 0 aliphatic rings. The third-order valence-corrected chi connectivity index (χ3v) is 5.54. The van der Waals surface area contributed by atoms with E-state index < -0.39 is 0 Å². The molecule has 3 aromatic carbocycles. The quantitative estimate of drug-likeness (QED) is 0.413. The predicted octanol–water partition coefficient (Wildman–Crippen LogP) is 5.91. The number of nitrogens with zero attached hydrogens (tertiary/aromatic N) is 1. The number of rotatable bonds is 8. The number of carbonyl (C=O) groups excluding carboxylic acids is 1. The van der Waals surface area contributed by atoms with Crippen LogP contribution in [-0.2, 0) is 6.54 Å². The molecule has 1 atom stereocenters. The van der Waals surface area contributed by atoms with Crippen molar-refractivity contribution in [1.29, 1.82) is 0 Å². The molecule has 0 aromatic heterocycles. The molecule has 0 fully saturated rings. The van der Waals surface area contributed by atoms with Crippen molar-refractivity contribution in [2.24, 2.45) is 0 Å². The van der Waals surface area contributed by atoms with Gasteiger partial charge in [-0.25, -0.2) is 0 Å². The van der Waals surface area contributed by atoms with E-state index in [4.69, 9.17) is 9.47 Å². The molecule has 3 rings (SSSR count). The van der Waals surface area contributed by atoms with E-state index in [1.807, 2.05) is 65.6 Å². The van der Waals surface area contributed by atoms with Crippen LogP contribution in [0.25, 0.3) is 0 Å². The van der Waals surface area contributed by atoms with Crippen molar-refractivity contribution >= 4 is 21.8 Å². The molecular weight excluding hydrogens is 442 g/mol. The molecule has 156 valence electrons. The van der Waals surface area contributed by atoms with Gasteiger partial charge in [0.25, 0.3) is 5.91 Å². The van der Waals surface area contributed by atoms with Gasteiger partial charge in [-0.05, 0) is 47.4 Å². The fourth-order valence-electron chi connectivity index (χ4n) is 3.44. The minimum atomic E-state index is -0.00568. The first-order chi connectivity index (χ1) is 14.5. The van der Waals surface area contributed by atoms with Crippen LogP contribution in [0.4, 0.5) is 0 Å². The average molecular weight is 468 g/mol. The highest BCUT2D eigenvalue weighted by Crippen LogP contribution is 2.29. The van der Waals surface area contributed by atoms with Crippen LogP contribution >= 0.6 is 15.9 Å². The second kappa shape index (κ2) is 10.3. The lowest BCUT2D eigenvalue weighted by molar-refractivity contribution is 0.0734. The molecule has 1 unspecified atom stereocenters. The van der Waals surface area contributed by atoms with Gasteiger partial charge in [0.05, 0.1) is 14.2 Å². The first-order valence-electron chi connectivity index (χ1n) is 9.82. The highest BCUT2D eigenvalue weighted by molar-refractivity contribution is 9.10. The van der Waals surface area contributed by atoms with Gasteiger partial charge in [-0.15, -0.1) is 0 Å². The number of methoxy groups -OCH3 is 2. The molecule has 0 bridgehead atoms. The molecule has 30 heavy (non-hydrogen) atoms. The zero-order chi connectivity index (χ0) is 21.5. The first kappa shape index (κ1) is 21.9. The van der Waals surface area contributed by atoms with Gasteiger partial charge in [0.1, 0.15) is 0 Å². The van der Waals surface area contributed by atoms with Crippen molar-refractivity contribution in [3.05, 3.63) is 94.0 Å². The Balaban J connectivity index is 1.89. The molecule has 0 saturated heterocycles. The summed E-state index contributed by atoms with van der Waals surface area (Å²) in [4.78, 5) is 15.3. The highest BCUT2D eigenvalue weighted by atomic mass is 79.9. The van der Waals surface area contributed by atoms with Crippen molar-refractivity contribution < 1.29 is 14.3 Å². The summed E-state index contributed by atoms with van der Waals surface area (Å²) in [6.45, 7) is 3.22. The summed E-state index contributed by atoms with van der Waals surface area (Å²) in [5.41, 5.74) is 2.85. The molecular formula is C25H26BrNO3. The maximum absolute atomic E-state index is 13.4. The van der Waals surface area contributed by atoms with Crippen molar-refractivity contribution in [1.82, 2.24) is 4.90 Å². The fourth-order valence-corrected chi connectivity index (χ4v) is 3.84. The van der Waals surface area contributed by atoms with Crippen LogP contribution in [-0.4, -0.2) is 31.6 Å². The SMILES string of the molecule is COc1ccc(CN(CC(C)c2ccccc2)C(=O)c2cccc(Br)c2)cc1OC. The number of hydrogen-bond donors (Lipinski definition) is 0.